The van der Waals surface area contributed by atoms with Crippen LogP contribution in [0.25, 0.3) is 20.9 Å². The van der Waals surface area contributed by atoms with E-state index >= 15 is 0 Å². The molecule has 544 valence electrons. The average Bonchev–Trinajstić information content (AvgIpc) is 2.65. The second-order valence-electron chi connectivity index (χ2n) is 21.5. The van der Waals surface area contributed by atoms with Crippen molar-refractivity contribution in [3.8, 4) is 0 Å². The first-order valence-corrected chi connectivity index (χ1v) is 34.1. The Labute approximate surface area is 575 Å². The van der Waals surface area contributed by atoms with Crippen LogP contribution < -0.4 is 5.32 Å². The van der Waals surface area contributed by atoms with Gasteiger partial charge in [-0.15, -0.1) is 39.9 Å². The summed E-state index contributed by atoms with van der Waals surface area (Å²) in [6.45, 7) is 26.6. The number of hydroxylamine groups is 2. The second-order valence-corrected chi connectivity index (χ2v) is 22.6. The highest BCUT2D eigenvalue weighted by Gasteiger charge is 2.38. The first kappa shape index (κ1) is 93.6. The number of amides is 3. The van der Waals surface area contributed by atoms with Gasteiger partial charge in [-0.2, -0.15) is 13.2 Å². The first-order chi connectivity index (χ1) is 45.5. The summed E-state index contributed by atoms with van der Waals surface area (Å²) in [4.78, 5) is 79.1. The number of alkyl halides is 6. The Kier molecular flexibility index (Phi) is 64.8. The normalized spacial score (nSPS) is 11.5. The molecule has 0 saturated carbocycles. The smallest absolute Gasteiger partial charge is 0.475 e. The molecule has 0 spiro atoms. The minimum absolute atomic E-state index is 0.0528. The molecule has 95 heavy (non-hydrogen) atoms. The number of nitrogens with zero attached hydrogens (tertiary/aromatic N) is 8. The van der Waals surface area contributed by atoms with Crippen molar-refractivity contribution in [1.29, 1.82) is 0 Å². The highest BCUT2D eigenvalue weighted by Crippen LogP contribution is 2.16. The van der Waals surface area contributed by atoms with Crippen molar-refractivity contribution in [2.45, 2.75) is 182 Å². The number of halogens is 6. The number of aliphatic carboxylic acids is 1. The Morgan fingerprint density at radius 1 is 0.558 bits per heavy atom. The molecule has 3 amide bonds. The number of carbonyl (C=O) groups excluding carboxylic acids is 5. The number of azide groups is 2. The van der Waals surface area contributed by atoms with Crippen LogP contribution in [0.15, 0.2) is 58.8 Å². The molecule has 0 bridgehead atoms. The molecule has 2 aromatic carbocycles. The standard InChI is InChI=1S/C19H28ClN3O3.C15H30ClNO4.C12H10N4O4.C11H23ClO2.C6H15N.C2HF3O2/c20-11-3-1-2-4-12-25-14-15-26-13-5-6-19(24)18-9-7-17(8-10-18)16-22-23-21;1-15(2,3)21-14(18)17-9-11-20-13-12-19-10-7-5-4-6-8-16;13-15-14-7-8-1-3-9(4-2-8)12(19)20-16-10(17)5-6-11(16)18;1-2-8-13-10-11-14-9-6-4-3-5-7-12;1-4-7(5-2)6-3;3-2(4,5)1(6)7/h7-10H,1-6,11-16H2;4-13H2,1-3H3,(H,17,18);1-4H,5-7H2;2-11H2,1H3;4-6H2,1-3H3;(H,6,7). The van der Waals surface area contributed by atoms with Gasteiger partial charge in [0.2, 0.25) is 0 Å². The zero-order chi connectivity index (χ0) is 71.6. The molecule has 0 radical (unpaired) electrons. The molecule has 1 heterocycles. The number of nitrogens with one attached hydrogen (secondary N) is 1. The van der Waals surface area contributed by atoms with E-state index in [4.69, 9.17) is 93.8 Å². The summed E-state index contributed by atoms with van der Waals surface area (Å²) < 4.78 is 69.3. The molecule has 2 N–H and O–H groups in total. The van der Waals surface area contributed by atoms with E-state index in [1.54, 1.807) is 24.3 Å². The summed E-state index contributed by atoms with van der Waals surface area (Å²) in [6.07, 6.45) is 10.5. The van der Waals surface area contributed by atoms with E-state index in [0.717, 1.165) is 133 Å². The molecule has 2 aromatic rings. The SMILES string of the molecule is CC(C)(C)OC(=O)NCCOCCOCCCCCCCl.CCCOCCOCCCCCCCl.CCN(CC)CC.O=C(O)C(F)(F)F.[N-]=[N+]=NCc1ccc(C(=O)CCCOCCOCCCCCCCl)cc1.[N-]=[N+]=NCc1ccc(C(=O)ON2C(=O)CCC2=O)cc1. The Hall–Kier alpha value is -5.54. The highest BCUT2D eigenvalue weighted by molar-refractivity contribution is 6.18. The Morgan fingerprint density at radius 2 is 0.916 bits per heavy atom. The minimum Gasteiger partial charge on any atom is -0.475 e. The largest absolute Gasteiger partial charge is 0.490 e. The number of alkyl carbamates (subject to hydrolysis) is 1. The predicted molar refractivity (Wildman–Crippen MR) is 363 cm³/mol. The van der Waals surface area contributed by atoms with E-state index < -0.39 is 41.6 Å². The fraction of sp³-hybridized carbons (Fsp3) is 0.723. The average molecular weight is 1420 g/mol. The quantitative estimate of drug-likeness (QED) is 0.0118. The van der Waals surface area contributed by atoms with E-state index in [-0.39, 0.29) is 30.7 Å². The summed E-state index contributed by atoms with van der Waals surface area (Å²) in [5, 5.41) is 17.1. The van der Waals surface area contributed by atoms with Gasteiger partial charge in [0.15, 0.2) is 5.78 Å². The van der Waals surface area contributed by atoms with Crippen LogP contribution in [-0.2, 0) is 65.5 Å². The summed E-state index contributed by atoms with van der Waals surface area (Å²) in [5.74, 6) is -2.24. The molecule has 1 aliphatic rings. The van der Waals surface area contributed by atoms with Gasteiger partial charge in [0.25, 0.3) is 11.8 Å². The summed E-state index contributed by atoms with van der Waals surface area (Å²) in [6, 6.07) is 13.3. The number of carbonyl (C=O) groups is 6. The van der Waals surface area contributed by atoms with Gasteiger partial charge < -0.3 is 53.3 Å². The Morgan fingerprint density at radius 3 is 1.25 bits per heavy atom. The number of ether oxygens (including phenoxy) is 7. The van der Waals surface area contributed by atoms with Crippen LogP contribution in [0.1, 0.15) is 189 Å². The molecule has 3 rings (SSSR count). The summed E-state index contributed by atoms with van der Waals surface area (Å²) >= 11 is 16.8. The van der Waals surface area contributed by atoms with Crippen molar-refractivity contribution >= 4 is 70.4 Å². The van der Waals surface area contributed by atoms with Crippen LogP contribution in [0.3, 0.4) is 0 Å². The molecule has 24 nitrogen and oxygen atoms in total. The summed E-state index contributed by atoms with van der Waals surface area (Å²) in [5.41, 5.74) is 18.5. The van der Waals surface area contributed by atoms with Crippen LogP contribution in [-0.4, -0.2) is 186 Å². The zero-order valence-corrected chi connectivity index (χ0v) is 59.3. The fourth-order valence-corrected chi connectivity index (χ4v) is 7.89. The maximum absolute atomic E-state index is 12.1. The molecule has 1 saturated heterocycles. The van der Waals surface area contributed by atoms with Crippen molar-refractivity contribution in [1.82, 2.24) is 15.3 Å². The topological polar surface area (TPSA) is 313 Å². The third-order valence-electron chi connectivity index (χ3n) is 12.5. The number of hydrogen-bond donors (Lipinski definition) is 2. The maximum atomic E-state index is 12.1. The molecule has 0 aromatic heterocycles. The lowest BCUT2D eigenvalue weighted by molar-refractivity contribution is -0.192. The van der Waals surface area contributed by atoms with Gasteiger partial charge >= 0.3 is 24.2 Å². The number of hydrogen-bond acceptors (Lipinski definition) is 17. The lowest BCUT2D eigenvalue weighted by Crippen LogP contribution is -2.34. The van der Waals surface area contributed by atoms with Gasteiger partial charge in [0.05, 0.1) is 64.9 Å². The number of rotatable bonds is 46. The van der Waals surface area contributed by atoms with Gasteiger partial charge in [-0.25, -0.2) is 14.4 Å². The molecule has 0 aliphatic carbocycles. The van der Waals surface area contributed by atoms with E-state index in [9.17, 15) is 37.1 Å². The molecular weight excluding hydrogens is 1310 g/mol. The zero-order valence-electron chi connectivity index (χ0n) is 57.0. The molecule has 30 heteroatoms. The number of ketones is 1. The van der Waals surface area contributed by atoms with Crippen LogP contribution in [0.4, 0.5) is 18.0 Å². The second kappa shape index (κ2) is 65.7. The number of Topliss-reactive ketones (excluding diaryl/α,β-unsaturated/α-hetero) is 1. The lowest BCUT2D eigenvalue weighted by atomic mass is 10.0. The third-order valence-corrected chi connectivity index (χ3v) is 13.3. The van der Waals surface area contributed by atoms with Gasteiger partial charge in [0, 0.05) is 91.9 Å². The molecule has 0 atom stereocenters. The molecular formula is C65H107Cl3F3N9O15. The van der Waals surface area contributed by atoms with Crippen LogP contribution in [0.2, 0.25) is 0 Å². The third kappa shape index (κ3) is 61.8. The highest BCUT2D eigenvalue weighted by atomic mass is 35.5. The maximum Gasteiger partial charge on any atom is 0.490 e. The van der Waals surface area contributed by atoms with Crippen molar-refractivity contribution in [2.24, 2.45) is 10.2 Å². The summed E-state index contributed by atoms with van der Waals surface area (Å²) in [7, 11) is 0. The Bertz CT molecular complexity index is 2320. The van der Waals surface area contributed by atoms with Gasteiger partial charge in [-0.05, 0) is 126 Å². The number of carboxylic acid groups (broad SMARTS) is 1. The van der Waals surface area contributed by atoms with E-state index in [1.807, 2.05) is 32.9 Å². The predicted octanol–water partition coefficient (Wildman–Crippen LogP) is 15.6. The van der Waals surface area contributed by atoms with Crippen LogP contribution in [0.5, 0.6) is 0 Å². The van der Waals surface area contributed by atoms with Gasteiger partial charge in [0.1, 0.15) is 5.60 Å². The monoisotopic (exact) mass is 1420 g/mol. The van der Waals surface area contributed by atoms with Crippen molar-refractivity contribution in [3.05, 3.63) is 91.7 Å². The van der Waals surface area contributed by atoms with Crippen LogP contribution in [0, 0.1) is 0 Å². The van der Waals surface area contributed by atoms with Crippen molar-refractivity contribution in [3.63, 3.8) is 0 Å². The number of benzene rings is 2. The van der Waals surface area contributed by atoms with E-state index in [2.05, 4.69) is 58.0 Å². The van der Waals surface area contributed by atoms with E-state index in [0.29, 0.717) is 76.2 Å². The number of unbranched alkanes of at least 4 members (excludes halogenated alkanes) is 9. The van der Waals surface area contributed by atoms with Gasteiger partial charge in [-0.1, -0.05) is 113 Å². The van der Waals surface area contributed by atoms with Crippen molar-refractivity contribution < 1.29 is 85.0 Å². The minimum atomic E-state index is -5.08. The van der Waals surface area contributed by atoms with E-state index in [1.165, 1.54) is 51.0 Å². The fourth-order valence-electron chi connectivity index (χ4n) is 7.32. The van der Waals surface area contributed by atoms with Gasteiger partial charge in [-0.3, -0.25) is 14.4 Å². The molecule has 1 fully saturated rings. The van der Waals surface area contributed by atoms with Crippen LogP contribution >= 0.6 is 34.8 Å². The number of imide groups is 1. The first-order valence-electron chi connectivity index (χ1n) is 32.5. The number of carboxylic acids is 1. The Balaban J connectivity index is -0.00000113. The lowest BCUT2D eigenvalue weighted by Gasteiger charge is -2.19. The van der Waals surface area contributed by atoms with Crippen molar-refractivity contribution in [2.75, 3.05) is 123 Å². The molecule has 1 aliphatic heterocycles. The molecule has 0 unspecified atom stereocenters.